The highest BCUT2D eigenvalue weighted by atomic mass is 19.1. The molecule has 0 aliphatic rings. The Balaban J connectivity index is 1.74. The number of benzene rings is 2. The van der Waals surface area contributed by atoms with E-state index in [1.807, 2.05) is 37.4 Å². The molecule has 0 saturated carbocycles. The van der Waals surface area contributed by atoms with Gasteiger partial charge in [0.05, 0.1) is 0 Å². The van der Waals surface area contributed by atoms with Gasteiger partial charge in [-0.2, -0.15) is 0 Å². The number of ether oxygens (including phenoxy) is 1. The monoisotopic (exact) mass is 316 g/mol. The molecular formula is C18H21FN2O2. The van der Waals surface area contributed by atoms with Crippen LogP contribution in [0, 0.1) is 5.82 Å². The van der Waals surface area contributed by atoms with Crippen molar-refractivity contribution < 1.29 is 13.9 Å². The SMILES string of the molecule is C[C@H](Oc1ccc(F)cc1)C(=O)NCCN(C)c1ccccc1. The largest absolute Gasteiger partial charge is 0.481 e. The minimum Gasteiger partial charge on any atom is -0.481 e. The Hall–Kier alpha value is -2.56. The number of likely N-dealkylation sites (N-methyl/N-ethyl adjacent to an activating group) is 1. The van der Waals surface area contributed by atoms with Gasteiger partial charge in [-0.05, 0) is 43.3 Å². The van der Waals surface area contributed by atoms with E-state index in [0.29, 0.717) is 18.8 Å². The van der Waals surface area contributed by atoms with Gasteiger partial charge in [0.2, 0.25) is 0 Å². The van der Waals surface area contributed by atoms with Crippen LogP contribution in [0.2, 0.25) is 0 Å². The number of nitrogens with zero attached hydrogens (tertiary/aromatic N) is 1. The highest BCUT2D eigenvalue weighted by molar-refractivity contribution is 5.80. The van der Waals surface area contributed by atoms with Crippen molar-refractivity contribution in [1.82, 2.24) is 5.32 Å². The molecule has 4 nitrogen and oxygen atoms in total. The van der Waals surface area contributed by atoms with Crippen LogP contribution >= 0.6 is 0 Å². The average Bonchev–Trinajstić information content (AvgIpc) is 2.57. The lowest BCUT2D eigenvalue weighted by Crippen LogP contribution is -2.40. The summed E-state index contributed by atoms with van der Waals surface area (Å²) < 4.78 is 18.3. The fourth-order valence-electron chi connectivity index (χ4n) is 2.07. The second-order valence-electron chi connectivity index (χ2n) is 5.26. The molecule has 1 amide bonds. The molecule has 5 heteroatoms. The van der Waals surface area contributed by atoms with Gasteiger partial charge in [-0.15, -0.1) is 0 Å². The van der Waals surface area contributed by atoms with Gasteiger partial charge in [-0.25, -0.2) is 4.39 Å². The van der Waals surface area contributed by atoms with Gasteiger partial charge in [-0.3, -0.25) is 4.79 Å². The zero-order chi connectivity index (χ0) is 16.7. The average molecular weight is 316 g/mol. The van der Waals surface area contributed by atoms with Gasteiger partial charge in [0, 0.05) is 25.8 Å². The number of amides is 1. The molecule has 0 fully saturated rings. The van der Waals surface area contributed by atoms with E-state index in [9.17, 15) is 9.18 Å². The summed E-state index contributed by atoms with van der Waals surface area (Å²) in [5, 5.41) is 2.84. The number of hydrogen-bond donors (Lipinski definition) is 1. The lowest BCUT2D eigenvalue weighted by Gasteiger charge is -2.20. The Bertz CT molecular complexity index is 617. The fraction of sp³-hybridized carbons (Fsp3) is 0.278. The van der Waals surface area contributed by atoms with E-state index < -0.39 is 6.10 Å². The summed E-state index contributed by atoms with van der Waals surface area (Å²) in [5.74, 6) is -0.0651. The van der Waals surface area contributed by atoms with Crippen LogP contribution in [-0.2, 0) is 4.79 Å². The molecule has 2 aromatic rings. The van der Waals surface area contributed by atoms with Crippen LogP contribution in [0.4, 0.5) is 10.1 Å². The number of halogens is 1. The smallest absolute Gasteiger partial charge is 0.260 e. The van der Waals surface area contributed by atoms with E-state index in [1.54, 1.807) is 6.92 Å². The zero-order valence-corrected chi connectivity index (χ0v) is 13.3. The first-order chi connectivity index (χ1) is 11.1. The first-order valence-electron chi connectivity index (χ1n) is 7.52. The normalized spacial score (nSPS) is 11.6. The maximum absolute atomic E-state index is 12.8. The maximum atomic E-state index is 12.8. The second kappa shape index (κ2) is 8.17. The Labute approximate surface area is 135 Å². The summed E-state index contributed by atoms with van der Waals surface area (Å²) in [6.45, 7) is 2.87. The Kier molecular flexibility index (Phi) is 5.97. The molecular weight excluding hydrogens is 295 g/mol. The molecule has 0 aromatic heterocycles. The van der Waals surface area contributed by atoms with Crippen molar-refractivity contribution in [2.24, 2.45) is 0 Å². The Morgan fingerprint density at radius 1 is 1.17 bits per heavy atom. The molecule has 1 atom stereocenters. The van der Waals surface area contributed by atoms with E-state index in [1.165, 1.54) is 24.3 Å². The third-order valence-corrected chi connectivity index (χ3v) is 3.44. The van der Waals surface area contributed by atoms with Crippen molar-refractivity contribution >= 4 is 11.6 Å². The lowest BCUT2D eigenvalue weighted by atomic mass is 10.3. The molecule has 0 unspecified atom stereocenters. The third-order valence-electron chi connectivity index (χ3n) is 3.44. The lowest BCUT2D eigenvalue weighted by molar-refractivity contribution is -0.127. The minimum absolute atomic E-state index is 0.198. The summed E-state index contributed by atoms with van der Waals surface area (Å²) in [4.78, 5) is 14.1. The third kappa shape index (κ3) is 5.29. The van der Waals surface area contributed by atoms with Crippen LogP contribution < -0.4 is 15.0 Å². The Morgan fingerprint density at radius 3 is 2.48 bits per heavy atom. The summed E-state index contributed by atoms with van der Waals surface area (Å²) >= 11 is 0. The molecule has 122 valence electrons. The molecule has 2 aromatic carbocycles. The zero-order valence-electron chi connectivity index (χ0n) is 13.3. The van der Waals surface area contributed by atoms with Gasteiger partial charge < -0.3 is 15.0 Å². The number of carbonyl (C=O) groups excluding carboxylic acids is 1. The molecule has 2 rings (SSSR count). The molecule has 0 heterocycles. The quantitative estimate of drug-likeness (QED) is 0.854. The van der Waals surface area contributed by atoms with E-state index in [2.05, 4.69) is 10.2 Å². The summed E-state index contributed by atoms with van der Waals surface area (Å²) in [5.41, 5.74) is 1.09. The summed E-state index contributed by atoms with van der Waals surface area (Å²) in [6, 6.07) is 15.6. The van der Waals surface area contributed by atoms with E-state index in [0.717, 1.165) is 5.69 Å². The first kappa shape index (κ1) is 16.8. The number of rotatable bonds is 7. The van der Waals surface area contributed by atoms with Crippen molar-refractivity contribution in [2.45, 2.75) is 13.0 Å². The van der Waals surface area contributed by atoms with E-state index >= 15 is 0 Å². The van der Waals surface area contributed by atoms with Gasteiger partial charge in [-0.1, -0.05) is 18.2 Å². The number of hydrogen-bond acceptors (Lipinski definition) is 3. The van der Waals surface area contributed by atoms with Crippen LogP contribution in [0.5, 0.6) is 5.75 Å². The fourth-order valence-corrected chi connectivity index (χ4v) is 2.07. The van der Waals surface area contributed by atoms with Gasteiger partial charge >= 0.3 is 0 Å². The molecule has 0 saturated heterocycles. The van der Waals surface area contributed by atoms with Crippen molar-refractivity contribution in [3.05, 3.63) is 60.4 Å². The summed E-state index contributed by atoms with van der Waals surface area (Å²) in [6.07, 6.45) is -0.637. The van der Waals surface area contributed by atoms with E-state index in [4.69, 9.17) is 4.74 Å². The van der Waals surface area contributed by atoms with Crippen molar-refractivity contribution in [3.63, 3.8) is 0 Å². The highest BCUT2D eigenvalue weighted by Gasteiger charge is 2.14. The van der Waals surface area contributed by atoms with Crippen molar-refractivity contribution in [3.8, 4) is 5.75 Å². The molecule has 0 radical (unpaired) electrons. The van der Waals surface area contributed by atoms with Crippen LogP contribution in [0.1, 0.15) is 6.92 Å². The highest BCUT2D eigenvalue weighted by Crippen LogP contribution is 2.13. The van der Waals surface area contributed by atoms with Crippen LogP contribution in [-0.4, -0.2) is 32.1 Å². The number of anilines is 1. The predicted molar refractivity (Wildman–Crippen MR) is 89.2 cm³/mol. The Morgan fingerprint density at radius 2 is 1.83 bits per heavy atom. The molecule has 0 aliphatic carbocycles. The minimum atomic E-state index is -0.637. The first-order valence-corrected chi connectivity index (χ1v) is 7.52. The van der Waals surface area contributed by atoms with E-state index in [-0.39, 0.29) is 11.7 Å². The van der Waals surface area contributed by atoms with Crippen molar-refractivity contribution in [2.75, 3.05) is 25.0 Å². The standard InChI is InChI=1S/C18H21FN2O2/c1-14(23-17-10-8-15(19)9-11-17)18(22)20-12-13-21(2)16-6-4-3-5-7-16/h3-11,14H,12-13H2,1-2H3,(H,20,22)/t14-/m0/s1. The van der Waals surface area contributed by atoms with Crippen LogP contribution in [0.3, 0.4) is 0 Å². The maximum Gasteiger partial charge on any atom is 0.260 e. The van der Waals surface area contributed by atoms with Gasteiger partial charge in [0.25, 0.3) is 5.91 Å². The number of para-hydroxylation sites is 1. The molecule has 23 heavy (non-hydrogen) atoms. The molecule has 0 aliphatic heterocycles. The second-order valence-corrected chi connectivity index (χ2v) is 5.26. The predicted octanol–water partition coefficient (Wildman–Crippen LogP) is 2.85. The van der Waals surface area contributed by atoms with Crippen molar-refractivity contribution in [1.29, 1.82) is 0 Å². The topological polar surface area (TPSA) is 41.6 Å². The number of nitrogens with one attached hydrogen (secondary N) is 1. The number of carbonyl (C=O) groups is 1. The molecule has 0 bridgehead atoms. The van der Waals surface area contributed by atoms with Gasteiger partial charge in [0.15, 0.2) is 6.10 Å². The molecule has 0 spiro atoms. The van der Waals surface area contributed by atoms with Gasteiger partial charge in [0.1, 0.15) is 11.6 Å². The summed E-state index contributed by atoms with van der Waals surface area (Å²) in [7, 11) is 1.97. The van der Waals surface area contributed by atoms with Crippen LogP contribution in [0.15, 0.2) is 54.6 Å². The molecule has 1 N–H and O–H groups in total. The van der Waals surface area contributed by atoms with Crippen LogP contribution in [0.25, 0.3) is 0 Å².